The van der Waals surface area contributed by atoms with Crippen molar-refractivity contribution in [2.45, 2.75) is 140 Å². The highest BCUT2D eigenvalue weighted by Gasteiger charge is 2.67. The summed E-state index contributed by atoms with van der Waals surface area (Å²) in [6, 6.07) is 5.02. The summed E-state index contributed by atoms with van der Waals surface area (Å²) in [4.78, 5) is 62.3. The lowest BCUT2D eigenvalue weighted by molar-refractivity contribution is -0.143. The van der Waals surface area contributed by atoms with Crippen molar-refractivity contribution in [1.82, 2.24) is 25.2 Å². The minimum absolute atomic E-state index is 0. The maximum absolute atomic E-state index is 14.7. The Morgan fingerprint density at radius 1 is 1.07 bits per heavy atom. The molecule has 7 rings (SSSR count). The van der Waals surface area contributed by atoms with E-state index in [-0.39, 0.29) is 27.8 Å². The largest absolute Gasteiger partial charge is 0.497 e. The third-order valence-electron chi connectivity index (χ3n) is 12.7. The van der Waals surface area contributed by atoms with Crippen LogP contribution in [-0.2, 0) is 35.6 Å². The summed E-state index contributed by atoms with van der Waals surface area (Å²) < 4.78 is 73.8. The molecule has 322 valence electrons. The topological polar surface area (TPSA) is 182 Å². The number of rotatable bonds is 7. The van der Waals surface area contributed by atoms with Gasteiger partial charge in [0.2, 0.25) is 34.1 Å². The number of fused-ring (bicyclic) bond motifs is 5. The molecule has 0 spiro atoms. The lowest BCUT2D eigenvalue weighted by Gasteiger charge is -2.35. The lowest BCUT2D eigenvalue weighted by atomic mass is 9.85. The van der Waals surface area contributed by atoms with E-state index in [4.69, 9.17) is 19.2 Å². The van der Waals surface area contributed by atoms with E-state index in [9.17, 15) is 36.4 Å². The van der Waals surface area contributed by atoms with Gasteiger partial charge in [0.25, 0.3) is 5.91 Å². The number of alkyl carbamates (subject to hydrolysis) is 1. The van der Waals surface area contributed by atoms with Crippen LogP contribution < -0.4 is 24.8 Å². The van der Waals surface area contributed by atoms with Crippen molar-refractivity contribution in [2.24, 2.45) is 23.2 Å². The number of aryl methyl sites for hydroxylation is 1. The molecule has 3 heterocycles. The molecule has 0 radical (unpaired) electrons. The Hall–Kier alpha value is -4.28. The molecule has 2 aromatic rings. The highest BCUT2D eigenvalue weighted by Crippen LogP contribution is 2.48. The second-order valence-electron chi connectivity index (χ2n) is 18.0. The molecule has 5 aliphatic rings. The van der Waals surface area contributed by atoms with Crippen molar-refractivity contribution in [1.29, 1.82) is 0 Å². The fourth-order valence-electron chi connectivity index (χ4n) is 8.97. The molecular weight excluding hydrogens is 777 g/mol. The highest BCUT2D eigenvalue weighted by atomic mass is 32.2. The summed E-state index contributed by atoms with van der Waals surface area (Å²) in [7, 11) is -2.57. The van der Waals surface area contributed by atoms with Gasteiger partial charge in [-0.15, -0.1) is 0 Å². The maximum Gasteiger partial charge on any atom is 0.408 e. The molecule has 4 fully saturated rings. The van der Waals surface area contributed by atoms with Crippen molar-refractivity contribution in [3.05, 3.63) is 29.8 Å². The third kappa shape index (κ3) is 8.69. The quantitative estimate of drug-likeness (QED) is 0.322. The third-order valence-corrected chi connectivity index (χ3v) is 14.5. The zero-order chi connectivity index (χ0) is 41.7. The predicted octanol–water partition coefficient (Wildman–Crippen LogP) is 5.50. The maximum atomic E-state index is 14.7. The number of nitrogens with zero attached hydrogens (tertiary/aromatic N) is 2. The van der Waals surface area contributed by atoms with Crippen LogP contribution >= 0.6 is 0 Å². The molecule has 17 heteroatoms. The molecule has 3 aliphatic carbocycles. The second kappa shape index (κ2) is 16.1. The number of hydrogen-bond acceptors (Lipinski definition) is 10. The van der Waals surface area contributed by atoms with Crippen molar-refractivity contribution in [3.8, 4) is 11.6 Å². The van der Waals surface area contributed by atoms with Crippen LogP contribution in [0.4, 0.5) is 13.6 Å². The minimum Gasteiger partial charge on any atom is -0.497 e. The number of amides is 4. The van der Waals surface area contributed by atoms with Crippen LogP contribution in [-0.4, -0.2) is 97.3 Å². The molecule has 1 saturated heterocycles. The Bertz CT molecular complexity index is 2060. The van der Waals surface area contributed by atoms with E-state index in [2.05, 4.69) is 17.6 Å². The first kappa shape index (κ1) is 41.9. The highest BCUT2D eigenvalue weighted by molar-refractivity contribution is 7.91. The fourth-order valence-corrected chi connectivity index (χ4v) is 10.3. The molecule has 8 atom stereocenters. The standard InChI is InChI=1S/C41H55F2N5O9S.2H2/c1-22-11-16-32-28(22)10-8-6-7-9-24-17-23-12-13-25(55-5)18-30(23)44-36(24)56-26-19-31(48(21-26)37(50)33(40(2,3)4)45-39(52)57-32)35(49)46-41(20-29(41)34(42)43)38(51)47-58(53,54)27-14-15-27;;/h12-13,17-18,22,26-29,31-34H,6-11,14-16,19-21H2,1-5H3,(H,45,52)(H,46,49)(H,47,51);2*1H/t22-,26+,28+,29-,31-,32+,33+,41+;;/m0../s1. The van der Waals surface area contributed by atoms with Gasteiger partial charge >= 0.3 is 6.09 Å². The number of carbonyl (C=O) groups is 4. The van der Waals surface area contributed by atoms with Crippen molar-refractivity contribution < 1.29 is 53.4 Å². The van der Waals surface area contributed by atoms with Crippen LogP contribution in [0.3, 0.4) is 0 Å². The lowest BCUT2D eigenvalue weighted by Crippen LogP contribution is -2.60. The van der Waals surface area contributed by atoms with E-state index in [1.165, 1.54) is 4.90 Å². The molecule has 1 aromatic heterocycles. The molecule has 2 bridgehead atoms. The molecule has 14 nitrogen and oxygen atoms in total. The number of hydrogen-bond donors (Lipinski definition) is 3. The van der Waals surface area contributed by atoms with Crippen molar-refractivity contribution >= 4 is 44.7 Å². The number of sulfonamides is 1. The summed E-state index contributed by atoms with van der Waals surface area (Å²) in [5.41, 5.74) is -1.65. The van der Waals surface area contributed by atoms with Gasteiger partial charge in [0.05, 0.1) is 30.3 Å². The number of nitrogens with one attached hydrogen (secondary N) is 3. The monoisotopic (exact) mass is 835 g/mol. The first-order valence-corrected chi connectivity index (χ1v) is 22.0. The number of benzene rings is 1. The Kier molecular flexibility index (Phi) is 11.6. The van der Waals surface area contributed by atoms with E-state index in [1.54, 1.807) is 33.9 Å². The van der Waals surface area contributed by atoms with Gasteiger partial charge in [-0.25, -0.2) is 27.0 Å². The first-order chi connectivity index (χ1) is 27.4. The fraction of sp³-hybridized carbons (Fsp3) is 0.683. The van der Waals surface area contributed by atoms with Gasteiger partial charge in [0.15, 0.2) is 0 Å². The molecule has 3 N–H and O–H groups in total. The number of halogens is 2. The predicted molar refractivity (Wildman–Crippen MR) is 213 cm³/mol. The Balaban J connectivity index is 0.00000341. The zero-order valence-electron chi connectivity index (χ0n) is 33.7. The average molecular weight is 836 g/mol. The van der Waals surface area contributed by atoms with Gasteiger partial charge in [-0.3, -0.25) is 19.1 Å². The molecule has 4 amide bonds. The van der Waals surface area contributed by atoms with Gasteiger partial charge in [0, 0.05) is 26.3 Å². The van der Waals surface area contributed by atoms with Crippen LogP contribution in [0.5, 0.6) is 11.6 Å². The molecule has 0 unspecified atom stereocenters. The zero-order valence-corrected chi connectivity index (χ0v) is 34.5. The number of ether oxygens (including phenoxy) is 3. The first-order valence-electron chi connectivity index (χ1n) is 20.5. The number of carbonyl (C=O) groups excluding carboxylic acids is 4. The van der Waals surface area contributed by atoms with E-state index in [1.807, 2.05) is 22.9 Å². The SMILES string of the molecule is COc1ccc2cc3c(nc2c1)O[C@@H]1C[C@@H](C(=O)N[C@]2(C(=O)NS(=O)(=O)C4CC4)C[C@H]2C(F)F)N(C1)C(=O)[C@H](C(C)(C)C)NC(=O)O[C@@H]1CC[C@H](C)[C@H]1CCCCC3.[HH].[HH]. The van der Waals surface area contributed by atoms with Gasteiger partial charge in [-0.05, 0) is 86.8 Å². The summed E-state index contributed by atoms with van der Waals surface area (Å²) in [5.74, 6) is -3.04. The number of aromatic nitrogens is 1. The molecule has 58 heavy (non-hydrogen) atoms. The van der Waals surface area contributed by atoms with Crippen LogP contribution in [0.2, 0.25) is 0 Å². The number of methoxy groups -OCH3 is 1. The van der Waals surface area contributed by atoms with Crippen LogP contribution in [0.1, 0.15) is 100 Å². The van der Waals surface area contributed by atoms with Crippen molar-refractivity contribution in [3.63, 3.8) is 0 Å². The normalized spacial score (nSPS) is 30.9. The van der Waals surface area contributed by atoms with Gasteiger partial charge in [0.1, 0.15) is 35.6 Å². The van der Waals surface area contributed by atoms with Gasteiger partial charge in [-0.1, -0.05) is 40.5 Å². The van der Waals surface area contributed by atoms with E-state index >= 15 is 0 Å². The Morgan fingerprint density at radius 2 is 1.83 bits per heavy atom. The van der Waals surface area contributed by atoms with Crippen LogP contribution in [0.25, 0.3) is 10.9 Å². The summed E-state index contributed by atoms with van der Waals surface area (Å²) in [6.45, 7) is 7.31. The van der Waals surface area contributed by atoms with E-state index in [0.29, 0.717) is 48.7 Å². The van der Waals surface area contributed by atoms with Gasteiger partial charge in [-0.2, -0.15) is 0 Å². The summed E-state index contributed by atoms with van der Waals surface area (Å²) in [5, 5.41) is 5.32. The van der Waals surface area contributed by atoms with Crippen molar-refractivity contribution in [2.75, 3.05) is 13.7 Å². The number of pyridine rings is 1. The minimum atomic E-state index is -4.13. The second-order valence-corrected chi connectivity index (χ2v) is 19.9. The smallest absolute Gasteiger partial charge is 0.408 e. The molecular formula is C41H59F2N5O9S. The molecule has 2 aliphatic heterocycles. The molecule has 1 aromatic carbocycles. The Labute approximate surface area is 340 Å². The van der Waals surface area contributed by atoms with Crippen LogP contribution in [0, 0.1) is 23.2 Å². The molecule has 3 saturated carbocycles. The van der Waals surface area contributed by atoms with Gasteiger partial charge < -0.3 is 29.7 Å². The Morgan fingerprint density at radius 3 is 2.50 bits per heavy atom. The summed E-state index contributed by atoms with van der Waals surface area (Å²) in [6.07, 6.45) is 0.908. The van der Waals surface area contributed by atoms with Crippen LogP contribution in [0.15, 0.2) is 24.3 Å². The average Bonchev–Trinajstić information content (AvgIpc) is 4.07. The summed E-state index contributed by atoms with van der Waals surface area (Å²) >= 11 is 0. The van der Waals surface area contributed by atoms with E-state index < -0.39 is 87.0 Å². The number of alkyl halides is 2. The van der Waals surface area contributed by atoms with E-state index in [0.717, 1.165) is 43.1 Å².